The molecule has 212 valence electrons. The molecule has 2 amide bonds. The summed E-state index contributed by atoms with van der Waals surface area (Å²) < 4.78 is 35.2. The van der Waals surface area contributed by atoms with Gasteiger partial charge in [-0.05, 0) is 23.3 Å². The Labute approximate surface area is 246 Å². The van der Waals surface area contributed by atoms with Crippen LogP contribution < -0.4 is 5.32 Å². The quantitative estimate of drug-likeness (QED) is 0.159. The molecule has 1 N–H and O–H groups in total. The van der Waals surface area contributed by atoms with Crippen LogP contribution in [0.1, 0.15) is 17.2 Å². The molecule has 0 spiro atoms. The maximum absolute atomic E-state index is 13.7. The molecule has 0 aliphatic carbocycles. The molecule has 0 bridgehead atoms. The summed E-state index contributed by atoms with van der Waals surface area (Å²) in [4.78, 5) is 41.7. The van der Waals surface area contributed by atoms with Crippen molar-refractivity contribution in [3.63, 3.8) is 0 Å². The maximum atomic E-state index is 13.7. The molecule has 41 heavy (non-hydrogen) atoms. The van der Waals surface area contributed by atoms with Gasteiger partial charge in [0.15, 0.2) is 17.6 Å². The first-order valence-corrected chi connectivity index (χ1v) is 16.4. The van der Waals surface area contributed by atoms with E-state index in [0.29, 0.717) is 11.1 Å². The topological polar surface area (TPSA) is 119 Å². The summed E-state index contributed by atoms with van der Waals surface area (Å²) in [6.07, 6.45) is 0.0359. The molecule has 2 atom stereocenters. The highest BCUT2D eigenvalue weighted by molar-refractivity contribution is 8.00. The molecule has 0 aromatic heterocycles. The normalized spacial score (nSPS) is 18.4. The van der Waals surface area contributed by atoms with E-state index in [-0.39, 0.29) is 28.9 Å². The lowest BCUT2D eigenvalue weighted by Gasteiger charge is -2.49. The fraction of sp³-hybridized carbons (Fsp3) is 0.207. The van der Waals surface area contributed by atoms with Gasteiger partial charge >= 0.3 is 16.1 Å². The van der Waals surface area contributed by atoms with Crippen LogP contribution in [0.25, 0.3) is 0 Å². The molecule has 1 saturated heterocycles. The lowest BCUT2D eigenvalue weighted by molar-refractivity contribution is -0.155. The van der Waals surface area contributed by atoms with Gasteiger partial charge in [0.2, 0.25) is 5.91 Å². The Morgan fingerprint density at radius 1 is 0.976 bits per heavy atom. The minimum absolute atomic E-state index is 0.0154. The highest BCUT2D eigenvalue weighted by Gasteiger charge is 2.55. The predicted molar refractivity (Wildman–Crippen MR) is 156 cm³/mol. The number of rotatable bonds is 10. The third-order valence-corrected chi connectivity index (χ3v) is 9.01. The summed E-state index contributed by atoms with van der Waals surface area (Å²) in [6, 6.07) is 26.6. The van der Waals surface area contributed by atoms with Crippen LogP contribution >= 0.6 is 23.5 Å². The third kappa shape index (κ3) is 6.77. The summed E-state index contributed by atoms with van der Waals surface area (Å²) in [6.45, 7) is 0. The molecule has 3 aromatic carbocycles. The first kappa shape index (κ1) is 28.8. The minimum atomic E-state index is -4.01. The zero-order valence-corrected chi connectivity index (χ0v) is 24.3. The number of benzene rings is 3. The van der Waals surface area contributed by atoms with E-state index in [1.807, 2.05) is 66.7 Å². The molecule has 1 fully saturated rings. The summed E-state index contributed by atoms with van der Waals surface area (Å²) >= 11 is 2.53. The van der Waals surface area contributed by atoms with E-state index >= 15 is 0 Å². The SMILES string of the molecule is CS(=O)(=O)OC1=C(C(=O)OC(c2ccccc2)c2ccccc2)N2C(=O)[C@@H](NC(=O)CSc3ccccc3)[C@@H]2SC1. The zero-order chi connectivity index (χ0) is 29.0. The molecule has 5 rings (SSSR count). The van der Waals surface area contributed by atoms with E-state index in [4.69, 9.17) is 8.92 Å². The van der Waals surface area contributed by atoms with Gasteiger partial charge in [0.1, 0.15) is 11.4 Å². The van der Waals surface area contributed by atoms with E-state index in [0.717, 1.165) is 16.1 Å². The minimum Gasteiger partial charge on any atom is -0.448 e. The number of hydrogen-bond acceptors (Lipinski definition) is 9. The number of carbonyl (C=O) groups is 3. The average Bonchev–Trinajstić information content (AvgIpc) is 2.98. The van der Waals surface area contributed by atoms with Crippen molar-refractivity contribution in [1.82, 2.24) is 10.2 Å². The molecule has 0 unspecified atom stereocenters. The number of ether oxygens (including phenoxy) is 1. The number of amides is 2. The number of fused-ring (bicyclic) bond motifs is 1. The Morgan fingerprint density at radius 3 is 2.10 bits per heavy atom. The molecule has 9 nitrogen and oxygen atoms in total. The maximum Gasteiger partial charge on any atom is 0.359 e. The van der Waals surface area contributed by atoms with Gasteiger partial charge in [-0.3, -0.25) is 14.5 Å². The average molecular weight is 611 g/mol. The van der Waals surface area contributed by atoms with Gasteiger partial charge in [-0.25, -0.2) is 4.79 Å². The Morgan fingerprint density at radius 2 is 1.54 bits per heavy atom. The highest BCUT2D eigenvalue weighted by atomic mass is 32.2. The number of esters is 1. The molecule has 2 aliphatic heterocycles. The number of β-lactam (4-membered cyclic amide) rings is 1. The molecule has 2 heterocycles. The second-order valence-electron chi connectivity index (χ2n) is 9.22. The van der Waals surface area contributed by atoms with Crippen LogP contribution in [0.4, 0.5) is 0 Å². The van der Waals surface area contributed by atoms with Crippen molar-refractivity contribution in [3.05, 3.63) is 114 Å². The first-order valence-electron chi connectivity index (χ1n) is 12.6. The van der Waals surface area contributed by atoms with Crippen molar-refractivity contribution in [3.8, 4) is 0 Å². The fourth-order valence-electron chi connectivity index (χ4n) is 4.46. The second-order valence-corrected chi connectivity index (χ2v) is 13.0. The van der Waals surface area contributed by atoms with Crippen LogP contribution in [0.5, 0.6) is 0 Å². The van der Waals surface area contributed by atoms with E-state index in [2.05, 4.69) is 5.32 Å². The molecular formula is C29H26N2O7S3. The summed E-state index contributed by atoms with van der Waals surface area (Å²) in [5.41, 5.74) is 1.09. The standard InChI is InChI=1S/C29H26N2O7S3/c1-41(35,36)38-22-17-40-28-24(30-23(32)18-39-21-15-9-4-10-16-21)27(33)31(28)25(22)29(34)37-26(19-11-5-2-6-12-19)20-13-7-3-8-14-20/h2-16,24,26,28H,17-18H2,1H3,(H,30,32)/t24-,28+/m1/s1. The summed E-state index contributed by atoms with van der Waals surface area (Å²) in [7, 11) is -4.01. The van der Waals surface area contributed by atoms with Gasteiger partial charge in [0.25, 0.3) is 5.91 Å². The van der Waals surface area contributed by atoms with Gasteiger partial charge in [-0.1, -0.05) is 78.9 Å². The Bertz CT molecular complexity index is 1530. The van der Waals surface area contributed by atoms with Crippen LogP contribution in [0.3, 0.4) is 0 Å². The Kier molecular flexibility index (Phi) is 8.71. The number of nitrogens with one attached hydrogen (secondary N) is 1. The molecule has 0 radical (unpaired) electrons. The van der Waals surface area contributed by atoms with Crippen LogP contribution in [0, 0.1) is 0 Å². The van der Waals surface area contributed by atoms with Crippen LogP contribution in [-0.2, 0) is 33.4 Å². The van der Waals surface area contributed by atoms with Crippen molar-refractivity contribution >= 4 is 51.4 Å². The van der Waals surface area contributed by atoms with E-state index < -0.39 is 39.5 Å². The second kappa shape index (κ2) is 12.4. The van der Waals surface area contributed by atoms with Gasteiger partial charge in [0, 0.05) is 4.90 Å². The lowest BCUT2D eigenvalue weighted by Crippen LogP contribution is -2.70. The number of hydrogen-bond donors (Lipinski definition) is 1. The van der Waals surface area contributed by atoms with Crippen molar-refractivity contribution in [2.24, 2.45) is 0 Å². The van der Waals surface area contributed by atoms with Crippen molar-refractivity contribution in [1.29, 1.82) is 0 Å². The van der Waals surface area contributed by atoms with Gasteiger partial charge in [0.05, 0.1) is 17.8 Å². The van der Waals surface area contributed by atoms with Crippen LogP contribution in [0.15, 0.2) is 107 Å². The third-order valence-electron chi connectivity index (χ3n) is 6.24. The Balaban J connectivity index is 1.37. The molecule has 3 aromatic rings. The highest BCUT2D eigenvalue weighted by Crippen LogP contribution is 2.42. The summed E-state index contributed by atoms with van der Waals surface area (Å²) in [5, 5.41) is 2.11. The number of carbonyl (C=O) groups excluding carboxylic acids is 3. The molecule has 2 aliphatic rings. The summed E-state index contributed by atoms with van der Waals surface area (Å²) in [5.74, 6) is -1.91. The van der Waals surface area contributed by atoms with Gasteiger partial charge in [-0.2, -0.15) is 8.42 Å². The molecular weight excluding hydrogens is 585 g/mol. The fourth-order valence-corrected chi connectivity index (χ4v) is 7.02. The van der Waals surface area contributed by atoms with Crippen LogP contribution in [-0.4, -0.2) is 60.3 Å². The number of nitrogens with zero attached hydrogens (tertiary/aromatic N) is 1. The van der Waals surface area contributed by atoms with Crippen LogP contribution in [0.2, 0.25) is 0 Å². The first-order chi connectivity index (χ1) is 19.7. The van der Waals surface area contributed by atoms with Gasteiger partial charge < -0.3 is 14.2 Å². The Hall–Kier alpha value is -3.74. The van der Waals surface area contributed by atoms with E-state index in [9.17, 15) is 22.8 Å². The predicted octanol–water partition coefficient (Wildman–Crippen LogP) is 3.70. The largest absolute Gasteiger partial charge is 0.448 e. The molecule has 12 heteroatoms. The van der Waals surface area contributed by atoms with Crippen molar-refractivity contribution < 1.29 is 31.7 Å². The number of thioether (sulfide) groups is 2. The van der Waals surface area contributed by atoms with Crippen molar-refractivity contribution in [2.45, 2.75) is 22.4 Å². The molecule has 0 saturated carbocycles. The monoisotopic (exact) mass is 610 g/mol. The lowest BCUT2D eigenvalue weighted by atomic mass is 10.0. The van der Waals surface area contributed by atoms with E-state index in [1.54, 1.807) is 24.3 Å². The van der Waals surface area contributed by atoms with Crippen molar-refractivity contribution in [2.75, 3.05) is 17.8 Å². The smallest absolute Gasteiger partial charge is 0.359 e. The van der Waals surface area contributed by atoms with Gasteiger partial charge in [-0.15, -0.1) is 23.5 Å². The van der Waals surface area contributed by atoms with E-state index in [1.165, 1.54) is 23.5 Å². The zero-order valence-electron chi connectivity index (χ0n) is 21.8.